The van der Waals surface area contributed by atoms with Crippen LogP contribution in [0.5, 0.6) is 5.75 Å². The molecule has 2 N–H and O–H groups in total. The number of benzene rings is 1. The second-order valence-electron chi connectivity index (χ2n) is 9.34. The van der Waals surface area contributed by atoms with E-state index in [1.807, 2.05) is 0 Å². The predicted octanol–water partition coefficient (Wildman–Crippen LogP) is 2.70. The van der Waals surface area contributed by atoms with E-state index in [4.69, 9.17) is 14.6 Å². The second kappa shape index (κ2) is 10.2. The molecular formula is C25H34N2O6S. The van der Waals surface area contributed by atoms with Crippen molar-refractivity contribution < 1.29 is 29.0 Å². The minimum atomic E-state index is -0.675. The van der Waals surface area contributed by atoms with Crippen LogP contribution in [0.3, 0.4) is 0 Å². The molecule has 0 saturated carbocycles. The molecule has 9 heteroatoms. The normalized spacial score (nSPS) is 31.5. The lowest BCUT2D eigenvalue weighted by Gasteiger charge is -2.38. The van der Waals surface area contributed by atoms with Gasteiger partial charge in [-0.2, -0.15) is 0 Å². The largest absolute Gasteiger partial charge is 0.497 e. The lowest BCUT2D eigenvalue weighted by Crippen LogP contribution is -2.54. The van der Waals surface area contributed by atoms with Gasteiger partial charge in [0.25, 0.3) is 0 Å². The molecule has 1 aromatic rings. The molecule has 0 aliphatic carbocycles. The summed E-state index contributed by atoms with van der Waals surface area (Å²) in [5, 5.41) is 12.1. The Hall–Kier alpha value is -2.26. The van der Waals surface area contributed by atoms with Crippen molar-refractivity contribution in [1.82, 2.24) is 4.90 Å². The lowest BCUT2D eigenvalue weighted by molar-refractivity contribution is -0.154. The molecule has 2 amide bonds. The summed E-state index contributed by atoms with van der Waals surface area (Å²) in [5.41, 5.74) is 0.630. The Morgan fingerprint density at radius 1 is 1.24 bits per heavy atom. The topological polar surface area (TPSA) is 105 Å². The number of hydrogen-bond acceptors (Lipinski definition) is 7. The Labute approximate surface area is 204 Å². The predicted molar refractivity (Wildman–Crippen MR) is 130 cm³/mol. The zero-order valence-electron chi connectivity index (χ0n) is 20.0. The third-order valence-electron chi connectivity index (χ3n) is 7.47. The van der Waals surface area contributed by atoms with Crippen LogP contribution in [0.2, 0.25) is 0 Å². The van der Waals surface area contributed by atoms with E-state index in [1.54, 1.807) is 55.0 Å². The summed E-state index contributed by atoms with van der Waals surface area (Å²) in [6, 6.07) is 6.43. The molecule has 8 nitrogen and oxygen atoms in total. The fourth-order valence-electron chi connectivity index (χ4n) is 6.02. The number of anilines is 1. The summed E-state index contributed by atoms with van der Waals surface area (Å²) in [6.45, 7) is 4.65. The summed E-state index contributed by atoms with van der Waals surface area (Å²) in [7, 11) is 1.58. The lowest BCUT2D eigenvalue weighted by atomic mass is 9.66. The highest BCUT2D eigenvalue weighted by atomic mass is 32.2. The van der Waals surface area contributed by atoms with Gasteiger partial charge >= 0.3 is 5.97 Å². The standard InChI is InChI=1S/C25H34N2O6S/c1-4-33-24(31)19-18-14-15(2)25(34-18)20(19)23(30)27(12-6-5-7-13-28)21(25)22(29)26-16-8-10-17(32-3)11-9-16/h8-11,15,18-21,28H,4-7,12-14H2,1-3H3,(H,26,29)/t15?,18-,19+,20-,21?,25?/m0/s1. The summed E-state index contributed by atoms with van der Waals surface area (Å²) < 4.78 is 9.91. The van der Waals surface area contributed by atoms with Crippen molar-refractivity contribution in [2.75, 3.05) is 32.2 Å². The van der Waals surface area contributed by atoms with Crippen LogP contribution in [0.25, 0.3) is 0 Å². The molecule has 186 valence electrons. The van der Waals surface area contributed by atoms with Gasteiger partial charge in [0.05, 0.1) is 30.3 Å². The van der Waals surface area contributed by atoms with E-state index < -0.39 is 22.6 Å². The molecular weight excluding hydrogens is 456 g/mol. The number of aliphatic hydroxyl groups excluding tert-OH is 1. The maximum atomic E-state index is 13.8. The van der Waals surface area contributed by atoms with Crippen molar-refractivity contribution in [3.05, 3.63) is 24.3 Å². The molecule has 4 rings (SSSR count). The molecule has 0 radical (unpaired) electrons. The van der Waals surface area contributed by atoms with E-state index in [-0.39, 0.29) is 42.2 Å². The van der Waals surface area contributed by atoms with Gasteiger partial charge in [-0.25, -0.2) is 0 Å². The van der Waals surface area contributed by atoms with Crippen molar-refractivity contribution in [2.24, 2.45) is 17.8 Å². The number of nitrogens with one attached hydrogen (secondary N) is 1. The first-order chi connectivity index (χ1) is 16.4. The van der Waals surface area contributed by atoms with Gasteiger partial charge in [-0.3, -0.25) is 14.4 Å². The number of fused-ring (bicyclic) bond motifs is 1. The first-order valence-corrected chi connectivity index (χ1v) is 13.0. The molecule has 3 fully saturated rings. The molecule has 3 unspecified atom stereocenters. The number of hydrogen-bond donors (Lipinski definition) is 2. The Morgan fingerprint density at radius 2 is 1.97 bits per heavy atom. The molecule has 0 aromatic heterocycles. The molecule has 6 atom stereocenters. The van der Waals surface area contributed by atoms with E-state index >= 15 is 0 Å². The number of thioether (sulfide) groups is 1. The fourth-order valence-corrected chi connectivity index (χ4v) is 8.43. The minimum absolute atomic E-state index is 0.0178. The van der Waals surface area contributed by atoms with Crippen molar-refractivity contribution in [1.29, 1.82) is 0 Å². The SMILES string of the molecule is CCOC(=O)[C@@H]1[C@@H]2CC(C)C3(S2)C(C(=O)Nc2ccc(OC)cc2)N(CCCCCO)C(=O)[C@H]13. The van der Waals surface area contributed by atoms with Gasteiger partial charge in [-0.05, 0) is 62.8 Å². The highest BCUT2D eigenvalue weighted by Gasteiger charge is 2.76. The summed E-state index contributed by atoms with van der Waals surface area (Å²) in [5.74, 6) is -0.970. The highest BCUT2D eigenvalue weighted by molar-refractivity contribution is 8.02. The van der Waals surface area contributed by atoms with Crippen LogP contribution in [0, 0.1) is 17.8 Å². The van der Waals surface area contributed by atoms with Gasteiger partial charge in [-0.15, -0.1) is 11.8 Å². The number of carbonyl (C=O) groups excluding carboxylic acids is 3. The maximum Gasteiger partial charge on any atom is 0.310 e. The second-order valence-corrected chi connectivity index (χ2v) is 10.9. The van der Waals surface area contributed by atoms with Crippen molar-refractivity contribution in [3.8, 4) is 5.75 Å². The smallest absolute Gasteiger partial charge is 0.310 e. The van der Waals surface area contributed by atoms with Gasteiger partial charge in [0, 0.05) is 24.1 Å². The number of amides is 2. The fraction of sp³-hybridized carbons (Fsp3) is 0.640. The van der Waals surface area contributed by atoms with Crippen LogP contribution >= 0.6 is 11.8 Å². The van der Waals surface area contributed by atoms with Gasteiger partial charge in [0.15, 0.2) is 0 Å². The van der Waals surface area contributed by atoms with Gasteiger partial charge in [0.1, 0.15) is 11.8 Å². The maximum absolute atomic E-state index is 13.8. The molecule has 3 aliphatic heterocycles. The minimum Gasteiger partial charge on any atom is -0.497 e. The van der Waals surface area contributed by atoms with E-state index in [1.165, 1.54) is 0 Å². The van der Waals surface area contributed by atoms with Crippen molar-refractivity contribution in [3.63, 3.8) is 0 Å². The third kappa shape index (κ3) is 4.06. The average Bonchev–Trinajstić information content (AvgIpc) is 3.41. The number of unbranched alkanes of at least 4 members (excludes halogenated alkanes) is 2. The number of likely N-dealkylation sites (tertiary alicyclic amines) is 1. The monoisotopic (exact) mass is 490 g/mol. The molecule has 2 bridgehead atoms. The molecule has 1 spiro atoms. The number of carbonyl (C=O) groups is 3. The van der Waals surface area contributed by atoms with E-state index in [0.717, 1.165) is 12.8 Å². The Morgan fingerprint density at radius 3 is 2.62 bits per heavy atom. The molecule has 34 heavy (non-hydrogen) atoms. The van der Waals surface area contributed by atoms with Crippen LogP contribution in [0.1, 0.15) is 39.5 Å². The first-order valence-electron chi connectivity index (χ1n) is 12.1. The number of ether oxygens (including phenoxy) is 2. The quantitative estimate of drug-likeness (QED) is 0.384. The van der Waals surface area contributed by atoms with E-state index in [9.17, 15) is 14.4 Å². The number of methoxy groups -OCH3 is 1. The molecule has 1 aromatic carbocycles. The van der Waals surface area contributed by atoms with Gasteiger partial charge in [0.2, 0.25) is 11.8 Å². The van der Waals surface area contributed by atoms with Crippen LogP contribution < -0.4 is 10.1 Å². The average molecular weight is 491 g/mol. The Bertz CT molecular complexity index is 924. The molecule has 3 saturated heterocycles. The number of nitrogens with zero attached hydrogens (tertiary/aromatic N) is 1. The van der Waals surface area contributed by atoms with Crippen LogP contribution in [0.15, 0.2) is 24.3 Å². The molecule has 3 aliphatic rings. The summed E-state index contributed by atoms with van der Waals surface area (Å²) >= 11 is 1.64. The summed E-state index contributed by atoms with van der Waals surface area (Å²) in [4.78, 5) is 42.2. The number of aliphatic hydroxyl groups is 1. The van der Waals surface area contributed by atoms with Gasteiger partial charge < -0.3 is 24.8 Å². The zero-order chi connectivity index (χ0) is 24.5. The Balaban J connectivity index is 1.66. The van der Waals surface area contributed by atoms with Crippen LogP contribution in [-0.2, 0) is 19.1 Å². The highest BCUT2D eigenvalue weighted by Crippen LogP contribution is 2.68. The van der Waals surface area contributed by atoms with Gasteiger partial charge in [-0.1, -0.05) is 6.92 Å². The van der Waals surface area contributed by atoms with Crippen molar-refractivity contribution >= 4 is 35.2 Å². The summed E-state index contributed by atoms with van der Waals surface area (Å²) in [6.07, 6.45) is 2.88. The first kappa shape index (κ1) is 24.9. The van der Waals surface area contributed by atoms with Crippen molar-refractivity contribution in [2.45, 2.75) is 55.6 Å². The van der Waals surface area contributed by atoms with E-state index in [0.29, 0.717) is 30.8 Å². The Kier molecular flexibility index (Phi) is 7.42. The number of esters is 1. The third-order valence-corrected chi connectivity index (χ3v) is 9.54. The molecule has 3 heterocycles. The van der Waals surface area contributed by atoms with Crippen LogP contribution in [-0.4, -0.2) is 70.7 Å². The van der Waals surface area contributed by atoms with Crippen LogP contribution in [0.4, 0.5) is 5.69 Å². The van der Waals surface area contributed by atoms with E-state index in [2.05, 4.69) is 12.2 Å². The number of rotatable bonds is 10. The zero-order valence-corrected chi connectivity index (χ0v) is 20.8.